The Morgan fingerprint density at radius 2 is 1.44 bits per heavy atom. The third-order valence-corrected chi connectivity index (χ3v) is 6.58. The van der Waals surface area contributed by atoms with E-state index in [9.17, 15) is 5.11 Å². The van der Waals surface area contributed by atoms with Crippen molar-refractivity contribution in [1.82, 2.24) is 9.47 Å². The van der Waals surface area contributed by atoms with Crippen molar-refractivity contribution in [2.24, 2.45) is 11.8 Å². The van der Waals surface area contributed by atoms with Gasteiger partial charge in [0.15, 0.2) is 0 Å². The van der Waals surface area contributed by atoms with Gasteiger partial charge in [-0.15, -0.1) is 0 Å². The van der Waals surface area contributed by atoms with E-state index in [0.717, 1.165) is 28.6 Å². The monoisotopic (exact) mass is 492 g/mol. The Morgan fingerprint density at radius 1 is 0.926 bits per heavy atom. The number of β-amino-alcohol motifs (C(OH)–C–C–N with tert-alkyl or cyclic N) is 1. The molecule has 1 aliphatic rings. The largest absolute Gasteiger partial charge is 0.390 e. The lowest BCUT2D eigenvalue weighted by Crippen LogP contribution is -2.43. The van der Waals surface area contributed by atoms with Crippen LogP contribution >= 0.6 is 31.9 Å². The van der Waals surface area contributed by atoms with Gasteiger partial charge in [0, 0.05) is 50.4 Å². The summed E-state index contributed by atoms with van der Waals surface area (Å²) >= 11 is 7.19. The van der Waals surface area contributed by atoms with E-state index in [4.69, 9.17) is 0 Å². The Bertz CT molecular complexity index is 899. The standard InChI is InChI=1S/C22H26Br2N2O/c1-14-7-15(2)11-25(10-14)12-18(27)13-26-21-5-3-16(23)8-19(21)20-9-17(24)4-6-22(20)26/h3-6,8-9,14-15,18,27H,7,10-13H2,1-2H3. The maximum absolute atomic E-state index is 10.9. The molecular formula is C22H26Br2N2O. The summed E-state index contributed by atoms with van der Waals surface area (Å²) in [6, 6.07) is 12.8. The highest BCUT2D eigenvalue weighted by molar-refractivity contribution is 9.10. The maximum atomic E-state index is 10.9. The van der Waals surface area contributed by atoms with E-state index in [0.29, 0.717) is 18.4 Å². The smallest absolute Gasteiger partial charge is 0.0845 e. The predicted molar refractivity (Wildman–Crippen MR) is 120 cm³/mol. The van der Waals surface area contributed by atoms with E-state index in [1.54, 1.807) is 0 Å². The summed E-state index contributed by atoms with van der Waals surface area (Å²) in [5.74, 6) is 1.42. The first-order chi connectivity index (χ1) is 12.9. The fraction of sp³-hybridized carbons (Fsp3) is 0.455. The van der Waals surface area contributed by atoms with Crippen LogP contribution in [0.2, 0.25) is 0 Å². The molecular weight excluding hydrogens is 468 g/mol. The molecule has 0 bridgehead atoms. The van der Waals surface area contributed by atoms with E-state index >= 15 is 0 Å². The average molecular weight is 494 g/mol. The zero-order chi connectivity index (χ0) is 19.1. The minimum Gasteiger partial charge on any atom is -0.390 e. The molecule has 1 N–H and O–H groups in total. The molecule has 0 radical (unpaired) electrons. The SMILES string of the molecule is CC1CC(C)CN(CC(O)Cn2c3ccc(Br)cc3c3cc(Br)ccc32)C1. The van der Waals surface area contributed by atoms with Crippen LogP contribution in [0.15, 0.2) is 45.3 Å². The van der Waals surface area contributed by atoms with Gasteiger partial charge in [0.25, 0.3) is 0 Å². The van der Waals surface area contributed by atoms with Crippen LogP contribution in [-0.2, 0) is 6.54 Å². The molecule has 5 heteroatoms. The molecule has 2 aromatic carbocycles. The number of aliphatic hydroxyl groups excluding tert-OH is 1. The third kappa shape index (κ3) is 4.12. The second kappa shape index (κ2) is 7.86. The quantitative estimate of drug-likeness (QED) is 0.508. The van der Waals surface area contributed by atoms with Crippen molar-refractivity contribution in [3.05, 3.63) is 45.3 Å². The number of piperidine rings is 1. The van der Waals surface area contributed by atoms with Crippen molar-refractivity contribution in [2.75, 3.05) is 19.6 Å². The molecule has 1 aliphatic heterocycles. The molecule has 3 unspecified atom stereocenters. The second-order valence-corrected chi connectivity index (χ2v) is 10.1. The van der Waals surface area contributed by atoms with Gasteiger partial charge in [0.1, 0.15) is 0 Å². The molecule has 144 valence electrons. The van der Waals surface area contributed by atoms with Crippen molar-refractivity contribution in [1.29, 1.82) is 0 Å². The van der Waals surface area contributed by atoms with Crippen LogP contribution in [0.25, 0.3) is 21.8 Å². The Kier molecular flexibility index (Phi) is 5.66. The normalized spacial score (nSPS) is 22.6. The zero-order valence-corrected chi connectivity index (χ0v) is 19.0. The van der Waals surface area contributed by atoms with E-state index < -0.39 is 0 Å². The zero-order valence-electron chi connectivity index (χ0n) is 15.8. The molecule has 0 saturated carbocycles. The van der Waals surface area contributed by atoms with Gasteiger partial charge in [-0.1, -0.05) is 45.7 Å². The number of likely N-dealkylation sites (tertiary alicyclic amines) is 1. The molecule has 2 heterocycles. The number of hydrogen-bond acceptors (Lipinski definition) is 2. The van der Waals surface area contributed by atoms with Gasteiger partial charge < -0.3 is 14.6 Å². The number of nitrogens with zero attached hydrogens (tertiary/aromatic N) is 2. The Labute approximate surface area is 177 Å². The number of hydrogen-bond donors (Lipinski definition) is 1. The molecule has 3 atom stereocenters. The van der Waals surface area contributed by atoms with E-state index in [1.165, 1.54) is 28.2 Å². The van der Waals surface area contributed by atoms with Crippen LogP contribution in [0.1, 0.15) is 20.3 Å². The molecule has 1 fully saturated rings. The van der Waals surface area contributed by atoms with Gasteiger partial charge in [-0.25, -0.2) is 0 Å². The van der Waals surface area contributed by atoms with Crippen LogP contribution in [-0.4, -0.2) is 40.3 Å². The molecule has 0 aliphatic carbocycles. The lowest BCUT2D eigenvalue weighted by atomic mass is 9.92. The van der Waals surface area contributed by atoms with E-state index in [1.807, 2.05) is 0 Å². The molecule has 4 rings (SSSR count). The van der Waals surface area contributed by atoms with Crippen molar-refractivity contribution in [3.8, 4) is 0 Å². The van der Waals surface area contributed by atoms with Gasteiger partial charge in [-0.3, -0.25) is 0 Å². The predicted octanol–water partition coefficient (Wildman–Crippen LogP) is 5.66. The van der Waals surface area contributed by atoms with Gasteiger partial charge in [0.2, 0.25) is 0 Å². The van der Waals surface area contributed by atoms with Crippen LogP contribution in [0.3, 0.4) is 0 Å². The third-order valence-electron chi connectivity index (χ3n) is 5.60. The Balaban J connectivity index is 1.64. The summed E-state index contributed by atoms with van der Waals surface area (Å²) < 4.78 is 4.42. The minimum atomic E-state index is -0.381. The fourth-order valence-electron chi connectivity index (χ4n) is 4.75. The Hall–Kier alpha value is -0.880. The minimum absolute atomic E-state index is 0.381. The van der Waals surface area contributed by atoms with Crippen molar-refractivity contribution >= 4 is 53.7 Å². The lowest BCUT2D eigenvalue weighted by molar-refractivity contribution is 0.0626. The molecule has 1 aromatic heterocycles. The number of rotatable bonds is 4. The lowest BCUT2D eigenvalue weighted by Gasteiger charge is -2.36. The Morgan fingerprint density at radius 3 is 1.96 bits per heavy atom. The summed E-state index contributed by atoms with van der Waals surface area (Å²) in [6.45, 7) is 8.17. The van der Waals surface area contributed by atoms with Gasteiger partial charge in [0.05, 0.1) is 12.6 Å². The van der Waals surface area contributed by atoms with Crippen molar-refractivity contribution < 1.29 is 5.11 Å². The van der Waals surface area contributed by atoms with Crippen molar-refractivity contribution in [2.45, 2.75) is 32.9 Å². The highest BCUT2D eigenvalue weighted by Gasteiger charge is 2.24. The number of aliphatic hydroxyl groups is 1. The van der Waals surface area contributed by atoms with Gasteiger partial charge >= 0.3 is 0 Å². The van der Waals surface area contributed by atoms with E-state index in [2.05, 4.69) is 91.6 Å². The summed E-state index contributed by atoms with van der Waals surface area (Å²) in [7, 11) is 0. The number of aromatic nitrogens is 1. The number of fused-ring (bicyclic) bond motifs is 3. The average Bonchev–Trinajstić information content (AvgIpc) is 2.86. The first kappa shape index (κ1) is 19.4. The molecule has 0 amide bonds. The number of halogens is 2. The topological polar surface area (TPSA) is 28.4 Å². The molecule has 3 nitrogen and oxygen atoms in total. The number of benzene rings is 2. The molecule has 1 saturated heterocycles. The van der Waals surface area contributed by atoms with Gasteiger partial charge in [-0.05, 0) is 54.7 Å². The maximum Gasteiger partial charge on any atom is 0.0845 e. The summed E-state index contributed by atoms with van der Waals surface area (Å²) in [5.41, 5.74) is 2.34. The molecule has 3 aromatic rings. The van der Waals surface area contributed by atoms with Crippen LogP contribution in [0.4, 0.5) is 0 Å². The highest BCUT2D eigenvalue weighted by atomic mass is 79.9. The summed E-state index contributed by atoms with van der Waals surface area (Å²) in [5, 5.41) is 13.3. The first-order valence-electron chi connectivity index (χ1n) is 9.68. The van der Waals surface area contributed by atoms with Crippen molar-refractivity contribution in [3.63, 3.8) is 0 Å². The molecule has 0 spiro atoms. The van der Waals surface area contributed by atoms with Gasteiger partial charge in [-0.2, -0.15) is 0 Å². The van der Waals surface area contributed by atoms with Crippen LogP contribution in [0.5, 0.6) is 0 Å². The second-order valence-electron chi connectivity index (χ2n) is 8.25. The molecule has 27 heavy (non-hydrogen) atoms. The first-order valence-corrected chi connectivity index (χ1v) is 11.3. The highest BCUT2D eigenvalue weighted by Crippen LogP contribution is 2.33. The fourth-order valence-corrected chi connectivity index (χ4v) is 5.48. The van der Waals surface area contributed by atoms with E-state index in [-0.39, 0.29) is 6.10 Å². The summed E-state index contributed by atoms with van der Waals surface area (Å²) in [6.07, 6.45) is 0.914. The summed E-state index contributed by atoms with van der Waals surface area (Å²) in [4.78, 5) is 2.44. The van der Waals surface area contributed by atoms with Crippen LogP contribution < -0.4 is 0 Å². The van der Waals surface area contributed by atoms with Crippen LogP contribution in [0, 0.1) is 11.8 Å².